The molecule has 9 heteroatoms. The van der Waals surface area contributed by atoms with Crippen molar-refractivity contribution in [2.45, 2.75) is 57.1 Å². The van der Waals surface area contributed by atoms with Gasteiger partial charge in [-0.25, -0.2) is 8.42 Å². The summed E-state index contributed by atoms with van der Waals surface area (Å²) in [5.41, 5.74) is 3.06. The van der Waals surface area contributed by atoms with Crippen LogP contribution < -0.4 is 14.4 Å². The van der Waals surface area contributed by atoms with Crippen molar-refractivity contribution >= 4 is 27.5 Å². The van der Waals surface area contributed by atoms with Crippen LogP contribution in [0.4, 0.5) is 5.69 Å². The number of methoxy groups -OCH3 is 1. The molecule has 4 rings (SSSR count). The maximum atomic E-state index is 14.5. The van der Waals surface area contributed by atoms with Crippen LogP contribution in [0.15, 0.2) is 114 Å². The topological polar surface area (TPSA) is 96.0 Å². The molecule has 4 aromatic carbocycles. The fourth-order valence-electron chi connectivity index (χ4n) is 5.00. The van der Waals surface area contributed by atoms with Gasteiger partial charge < -0.3 is 15.0 Å². The number of hydrogen-bond donors (Lipinski definition) is 1. The highest BCUT2D eigenvalue weighted by Gasteiger charge is 2.35. The zero-order chi connectivity index (χ0) is 32.4. The fraction of sp³-hybridized carbons (Fsp3) is 0.278. The Hall–Kier alpha value is -4.63. The third kappa shape index (κ3) is 8.73. The Morgan fingerprint density at radius 2 is 1.47 bits per heavy atom. The number of aryl methyl sites for hydroxylation is 1. The van der Waals surface area contributed by atoms with Crippen LogP contribution in [-0.4, -0.2) is 50.9 Å². The predicted octanol–water partition coefficient (Wildman–Crippen LogP) is 5.75. The van der Waals surface area contributed by atoms with Gasteiger partial charge in [0, 0.05) is 19.0 Å². The van der Waals surface area contributed by atoms with Gasteiger partial charge in [0.05, 0.1) is 17.7 Å². The molecule has 0 saturated carbocycles. The van der Waals surface area contributed by atoms with Crippen LogP contribution in [0.3, 0.4) is 0 Å². The zero-order valence-electron chi connectivity index (χ0n) is 26.2. The van der Waals surface area contributed by atoms with E-state index in [-0.39, 0.29) is 29.8 Å². The predicted molar refractivity (Wildman–Crippen MR) is 178 cm³/mol. The number of carbonyl (C=O) groups is 2. The van der Waals surface area contributed by atoms with E-state index < -0.39 is 28.5 Å². The number of para-hydroxylation sites is 1. The number of nitrogens with zero attached hydrogens (tertiary/aromatic N) is 2. The minimum absolute atomic E-state index is 0.0144. The molecule has 0 aliphatic rings. The lowest BCUT2D eigenvalue weighted by atomic mass is 10.0. The number of carbonyl (C=O) groups excluding carboxylic acids is 2. The summed E-state index contributed by atoms with van der Waals surface area (Å²) in [6.45, 7) is 5.48. The van der Waals surface area contributed by atoms with Crippen molar-refractivity contribution in [1.82, 2.24) is 10.2 Å². The molecule has 0 aromatic heterocycles. The van der Waals surface area contributed by atoms with Gasteiger partial charge in [-0.3, -0.25) is 13.9 Å². The van der Waals surface area contributed by atoms with Gasteiger partial charge in [-0.15, -0.1) is 0 Å². The minimum Gasteiger partial charge on any atom is -0.497 e. The molecule has 0 spiro atoms. The molecule has 0 aliphatic heterocycles. The average molecular weight is 628 g/mol. The first-order chi connectivity index (χ1) is 21.6. The molecule has 0 unspecified atom stereocenters. The molecule has 236 valence electrons. The Balaban J connectivity index is 1.79. The molecule has 0 radical (unpaired) electrons. The molecule has 2 amide bonds. The Labute approximate surface area is 266 Å². The van der Waals surface area contributed by atoms with Crippen LogP contribution in [0.5, 0.6) is 5.75 Å². The Bertz CT molecular complexity index is 1660. The minimum atomic E-state index is -4.19. The molecule has 0 bridgehead atoms. The molecule has 0 aliphatic carbocycles. The second kappa shape index (κ2) is 15.4. The lowest BCUT2D eigenvalue weighted by Crippen LogP contribution is -2.54. The maximum absolute atomic E-state index is 14.5. The summed E-state index contributed by atoms with van der Waals surface area (Å²) in [4.78, 5) is 29.9. The van der Waals surface area contributed by atoms with E-state index >= 15 is 0 Å². The van der Waals surface area contributed by atoms with Crippen molar-refractivity contribution in [3.05, 3.63) is 126 Å². The third-order valence-electron chi connectivity index (χ3n) is 7.68. The smallest absolute Gasteiger partial charge is 0.264 e. The molecular weight excluding hydrogens is 586 g/mol. The summed E-state index contributed by atoms with van der Waals surface area (Å²) < 4.78 is 34.5. The van der Waals surface area contributed by atoms with Gasteiger partial charge in [0.15, 0.2) is 0 Å². The second-order valence-corrected chi connectivity index (χ2v) is 12.9. The molecular formula is C36H41N3O5S. The van der Waals surface area contributed by atoms with Crippen molar-refractivity contribution in [3.8, 4) is 5.75 Å². The van der Waals surface area contributed by atoms with Gasteiger partial charge >= 0.3 is 0 Å². The van der Waals surface area contributed by atoms with E-state index in [4.69, 9.17) is 4.74 Å². The number of amides is 2. The van der Waals surface area contributed by atoms with Gasteiger partial charge in [0.1, 0.15) is 18.3 Å². The summed E-state index contributed by atoms with van der Waals surface area (Å²) in [5.74, 6) is -0.284. The number of nitrogens with one attached hydrogen (secondary N) is 1. The first-order valence-electron chi connectivity index (χ1n) is 15.0. The Morgan fingerprint density at radius 1 is 0.844 bits per heavy atom. The van der Waals surface area contributed by atoms with Gasteiger partial charge in [-0.2, -0.15) is 0 Å². The standard InChI is InChI=1S/C36H41N3O5S/c1-5-28(3)37-36(41)34(24-29-14-8-6-9-15-29)38(25-30-16-12-13-27(2)23-30)35(40)26-39(31-17-10-7-11-18-31)45(42,43)33-21-19-32(44-4)20-22-33/h6-23,28,34H,5,24-26H2,1-4H3,(H,37,41)/t28-,34-/m0/s1. The summed E-state index contributed by atoms with van der Waals surface area (Å²) in [5, 5.41) is 3.06. The van der Waals surface area contributed by atoms with Crippen LogP contribution in [0.1, 0.15) is 37.0 Å². The average Bonchev–Trinajstić information content (AvgIpc) is 3.05. The fourth-order valence-corrected chi connectivity index (χ4v) is 6.41. The van der Waals surface area contributed by atoms with E-state index in [1.165, 1.54) is 24.1 Å². The molecule has 1 N–H and O–H groups in total. The van der Waals surface area contributed by atoms with Crippen molar-refractivity contribution in [2.75, 3.05) is 18.0 Å². The van der Waals surface area contributed by atoms with Gasteiger partial charge in [-0.1, -0.05) is 85.3 Å². The van der Waals surface area contributed by atoms with Gasteiger partial charge in [-0.05, 0) is 67.8 Å². The van der Waals surface area contributed by atoms with Crippen LogP contribution in [-0.2, 0) is 32.6 Å². The molecule has 2 atom stereocenters. The highest BCUT2D eigenvalue weighted by atomic mass is 32.2. The molecule has 4 aromatic rings. The molecule has 45 heavy (non-hydrogen) atoms. The van der Waals surface area contributed by atoms with Crippen LogP contribution in [0, 0.1) is 6.92 Å². The van der Waals surface area contributed by atoms with E-state index in [1.807, 2.05) is 75.4 Å². The summed E-state index contributed by atoms with van der Waals surface area (Å²) in [6.07, 6.45) is 0.981. The second-order valence-electron chi connectivity index (χ2n) is 11.1. The lowest BCUT2D eigenvalue weighted by molar-refractivity contribution is -0.140. The summed E-state index contributed by atoms with van der Waals surface area (Å²) >= 11 is 0. The molecule has 0 saturated heterocycles. The largest absolute Gasteiger partial charge is 0.497 e. The molecule has 0 heterocycles. The van der Waals surface area contributed by atoms with Crippen molar-refractivity contribution in [3.63, 3.8) is 0 Å². The quantitative estimate of drug-likeness (QED) is 0.192. The third-order valence-corrected chi connectivity index (χ3v) is 9.47. The number of anilines is 1. The number of rotatable bonds is 14. The highest BCUT2D eigenvalue weighted by Crippen LogP contribution is 2.26. The lowest BCUT2D eigenvalue weighted by Gasteiger charge is -2.34. The maximum Gasteiger partial charge on any atom is 0.264 e. The molecule has 0 fully saturated rings. The van der Waals surface area contributed by atoms with Crippen molar-refractivity contribution < 1.29 is 22.7 Å². The first kappa shape index (κ1) is 33.3. The van der Waals surface area contributed by atoms with Crippen molar-refractivity contribution in [2.24, 2.45) is 0 Å². The molecule has 8 nitrogen and oxygen atoms in total. The van der Waals surface area contributed by atoms with Crippen LogP contribution in [0.2, 0.25) is 0 Å². The van der Waals surface area contributed by atoms with Crippen LogP contribution >= 0.6 is 0 Å². The van der Waals surface area contributed by atoms with Crippen molar-refractivity contribution in [1.29, 1.82) is 0 Å². The number of ether oxygens (including phenoxy) is 1. The Morgan fingerprint density at radius 3 is 2.07 bits per heavy atom. The van der Waals surface area contributed by atoms with Crippen LogP contribution in [0.25, 0.3) is 0 Å². The van der Waals surface area contributed by atoms with E-state index in [1.54, 1.807) is 42.5 Å². The number of benzene rings is 4. The van der Waals surface area contributed by atoms with Gasteiger partial charge in [0.2, 0.25) is 11.8 Å². The monoisotopic (exact) mass is 627 g/mol. The first-order valence-corrected chi connectivity index (χ1v) is 16.5. The van der Waals surface area contributed by atoms with E-state index in [2.05, 4.69) is 5.32 Å². The van der Waals surface area contributed by atoms with Gasteiger partial charge in [0.25, 0.3) is 10.0 Å². The SMILES string of the molecule is CC[C@H](C)NC(=O)[C@H](Cc1ccccc1)N(Cc1cccc(C)c1)C(=O)CN(c1ccccc1)S(=O)(=O)c1ccc(OC)cc1. The van der Waals surface area contributed by atoms with E-state index in [9.17, 15) is 18.0 Å². The Kier molecular flexibility index (Phi) is 11.4. The van der Waals surface area contributed by atoms with E-state index in [0.29, 0.717) is 11.4 Å². The zero-order valence-corrected chi connectivity index (χ0v) is 27.0. The summed E-state index contributed by atoms with van der Waals surface area (Å²) in [7, 11) is -2.68. The summed E-state index contributed by atoms with van der Waals surface area (Å²) in [6, 6.07) is 30.8. The van der Waals surface area contributed by atoms with E-state index in [0.717, 1.165) is 27.4 Å². The highest BCUT2D eigenvalue weighted by molar-refractivity contribution is 7.92. The number of hydrogen-bond acceptors (Lipinski definition) is 5. The normalized spacial score (nSPS) is 12.5. The number of sulfonamides is 1.